The molecule has 2 aromatic rings. The number of rotatable bonds is 4. The lowest BCUT2D eigenvalue weighted by Gasteiger charge is -2.20. The second-order valence-electron chi connectivity index (χ2n) is 6.32. The molecule has 0 amide bonds. The van der Waals surface area contributed by atoms with Crippen molar-refractivity contribution in [1.29, 1.82) is 5.26 Å². The maximum atomic E-state index is 8.86. The molecule has 4 rings (SSSR count). The average molecular weight is 373 g/mol. The largest absolute Gasteiger partial charge is 0.341 e. The Hall–Kier alpha value is -2.66. The van der Waals surface area contributed by atoms with Crippen molar-refractivity contribution in [2.75, 3.05) is 41.3 Å². The maximum Gasteiger partial charge on any atom is 0.233 e. The highest BCUT2D eigenvalue weighted by Crippen LogP contribution is 2.24. The van der Waals surface area contributed by atoms with E-state index in [4.69, 9.17) is 10.2 Å². The number of anilines is 4. The number of pyridine rings is 1. The van der Waals surface area contributed by atoms with Crippen molar-refractivity contribution in [1.82, 2.24) is 19.9 Å². The molecule has 0 unspecified atom stereocenters. The topological polar surface area (TPSA) is 93.9 Å². The lowest BCUT2D eigenvalue weighted by molar-refractivity contribution is 0.841. The molecule has 0 bridgehead atoms. The molecule has 26 heavy (non-hydrogen) atoms. The van der Waals surface area contributed by atoms with Crippen LogP contribution in [-0.4, -0.2) is 46.1 Å². The first kappa shape index (κ1) is 18.1. The van der Waals surface area contributed by atoms with Crippen molar-refractivity contribution in [2.24, 2.45) is 0 Å². The Morgan fingerprint density at radius 2 is 1.46 bits per heavy atom. The van der Waals surface area contributed by atoms with E-state index in [9.17, 15) is 0 Å². The quantitative estimate of drug-likeness (QED) is 0.874. The molecule has 9 heteroatoms. The van der Waals surface area contributed by atoms with E-state index in [0.717, 1.165) is 43.8 Å². The van der Waals surface area contributed by atoms with Crippen molar-refractivity contribution in [3.05, 3.63) is 24.0 Å². The van der Waals surface area contributed by atoms with Crippen LogP contribution in [0.5, 0.6) is 0 Å². The molecule has 4 heterocycles. The Balaban J connectivity index is 0.00000196. The van der Waals surface area contributed by atoms with E-state index in [0.29, 0.717) is 11.6 Å². The monoisotopic (exact) mass is 372 g/mol. The molecule has 2 fully saturated rings. The molecular formula is C17H21ClN8. The molecule has 1 N–H and O–H groups in total. The SMILES string of the molecule is Cl.N#Cc1ccc(Nc2nc(N3CCCC3)nc(N3CCCC3)n2)cn1. The second-order valence-corrected chi connectivity index (χ2v) is 6.32. The van der Waals surface area contributed by atoms with Gasteiger partial charge in [-0.05, 0) is 37.8 Å². The van der Waals surface area contributed by atoms with Crippen LogP contribution in [0.2, 0.25) is 0 Å². The van der Waals surface area contributed by atoms with Gasteiger partial charge in [0.2, 0.25) is 17.8 Å². The highest BCUT2D eigenvalue weighted by molar-refractivity contribution is 5.85. The van der Waals surface area contributed by atoms with E-state index in [2.05, 4.69) is 30.1 Å². The van der Waals surface area contributed by atoms with E-state index in [-0.39, 0.29) is 12.4 Å². The van der Waals surface area contributed by atoms with Gasteiger partial charge in [0.25, 0.3) is 0 Å². The summed E-state index contributed by atoms with van der Waals surface area (Å²) in [6.45, 7) is 3.95. The summed E-state index contributed by atoms with van der Waals surface area (Å²) in [5, 5.41) is 12.1. The molecular weight excluding hydrogens is 352 g/mol. The number of hydrogen-bond acceptors (Lipinski definition) is 8. The van der Waals surface area contributed by atoms with Gasteiger partial charge in [-0.1, -0.05) is 0 Å². The minimum atomic E-state index is 0. The highest BCUT2D eigenvalue weighted by atomic mass is 35.5. The lowest BCUT2D eigenvalue weighted by atomic mass is 10.3. The predicted octanol–water partition coefficient (Wildman–Crippen LogP) is 2.50. The van der Waals surface area contributed by atoms with Gasteiger partial charge in [0.1, 0.15) is 11.8 Å². The Morgan fingerprint density at radius 3 is 1.92 bits per heavy atom. The standard InChI is InChI=1S/C17H20N8.ClH/c18-11-13-5-6-14(12-19-13)20-15-21-16(24-7-1-2-8-24)23-17(22-15)25-9-3-4-10-25;/h5-6,12H,1-4,7-10H2,(H,20,21,22,23);1H. The summed E-state index contributed by atoms with van der Waals surface area (Å²) < 4.78 is 0. The summed E-state index contributed by atoms with van der Waals surface area (Å²) in [6.07, 6.45) is 6.31. The fourth-order valence-corrected chi connectivity index (χ4v) is 3.19. The van der Waals surface area contributed by atoms with Crippen molar-refractivity contribution in [3.8, 4) is 6.07 Å². The zero-order valence-corrected chi connectivity index (χ0v) is 15.2. The van der Waals surface area contributed by atoms with E-state index in [1.165, 1.54) is 25.7 Å². The van der Waals surface area contributed by atoms with Gasteiger partial charge in [0.05, 0.1) is 11.9 Å². The van der Waals surface area contributed by atoms with Crippen LogP contribution in [0.25, 0.3) is 0 Å². The Morgan fingerprint density at radius 1 is 0.885 bits per heavy atom. The van der Waals surface area contributed by atoms with E-state index < -0.39 is 0 Å². The van der Waals surface area contributed by atoms with Crippen LogP contribution in [0.4, 0.5) is 23.5 Å². The third-order valence-electron chi connectivity index (χ3n) is 4.52. The van der Waals surface area contributed by atoms with Crippen LogP contribution in [0.3, 0.4) is 0 Å². The predicted molar refractivity (Wildman–Crippen MR) is 102 cm³/mol. The highest BCUT2D eigenvalue weighted by Gasteiger charge is 2.21. The van der Waals surface area contributed by atoms with E-state index in [1.807, 2.05) is 6.07 Å². The molecule has 0 aromatic carbocycles. The normalized spacial score (nSPS) is 16.3. The van der Waals surface area contributed by atoms with Crippen molar-refractivity contribution >= 4 is 35.9 Å². The molecule has 8 nitrogen and oxygen atoms in total. The summed E-state index contributed by atoms with van der Waals surface area (Å²) in [6, 6.07) is 5.50. The van der Waals surface area contributed by atoms with Gasteiger partial charge in [-0.25, -0.2) is 4.98 Å². The molecule has 2 aromatic heterocycles. The van der Waals surface area contributed by atoms with Crippen LogP contribution in [-0.2, 0) is 0 Å². The first-order chi connectivity index (χ1) is 12.3. The fraction of sp³-hybridized carbons (Fsp3) is 0.471. The first-order valence-corrected chi connectivity index (χ1v) is 8.71. The Labute approximate surface area is 158 Å². The van der Waals surface area contributed by atoms with Crippen LogP contribution in [0, 0.1) is 11.3 Å². The molecule has 0 spiro atoms. The van der Waals surface area contributed by atoms with Crippen LogP contribution >= 0.6 is 12.4 Å². The minimum absolute atomic E-state index is 0. The lowest BCUT2D eigenvalue weighted by Crippen LogP contribution is -2.25. The average Bonchev–Trinajstić information content (AvgIpc) is 3.36. The molecule has 0 aliphatic carbocycles. The molecule has 136 valence electrons. The molecule has 0 radical (unpaired) electrons. The molecule has 2 saturated heterocycles. The molecule has 0 saturated carbocycles. The fourth-order valence-electron chi connectivity index (χ4n) is 3.19. The minimum Gasteiger partial charge on any atom is -0.341 e. The third kappa shape index (κ3) is 3.94. The molecule has 2 aliphatic rings. The van der Waals surface area contributed by atoms with Crippen LogP contribution in [0.1, 0.15) is 31.4 Å². The van der Waals surface area contributed by atoms with Crippen LogP contribution in [0.15, 0.2) is 18.3 Å². The van der Waals surface area contributed by atoms with E-state index >= 15 is 0 Å². The number of nitrogens with one attached hydrogen (secondary N) is 1. The summed E-state index contributed by atoms with van der Waals surface area (Å²) in [5.41, 5.74) is 1.14. The number of halogens is 1. The zero-order valence-electron chi connectivity index (χ0n) is 14.4. The van der Waals surface area contributed by atoms with Gasteiger partial charge >= 0.3 is 0 Å². The van der Waals surface area contributed by atoms with Crippen molar-refractivity contribution in [2.45, 2.75) is 25.7 Å². The summed E-state index contributed by atoms with van der Waals surface area (Å²) in [7, 11) is 0. The number of hydrogen-bond donors (Lipinski definition) is 1. The smallest absolute Gasteiger partial charge is 0.233 e. The molecule has 0 atom stereocenters. The van der Waals surface area contributed by atoms with Gasteiger partial charge in [-0.3, -0.25) is 0 Å². The van der Waals surface area contributed by atoms with E-state index in [1.54, 1.807) is 18.3 Å². The third-order valence-corrected chi connectivity index (χ3v) is 4.52. The Kier molecular flexibility index (Phi) is 5.68. The molecule has 2 aliphatic heterocycles. The van der Waals surface area contributed by atoms with Crippen molar-refractivity contribution < 1.29 is 0 Å². The summed E-state index contributed by atoms with van der Waals surface area (Å²) in [4.78, 5) is 22.4. The van der Waals surface area contributed by atoms with Gasteiger partial charge < -0.3 is 15.1 Å². The van der Waals surface area contributed by atoms with Gasteiger partial charge in [0, 0.05) is 26.2 Å². The number of aromatic nitrogens is 4. The van der Waals surface area contributed by atoms with Gasteiger partial charge in [-0.2, -0.15) is 20.2 Å². The number of nitriles is 1. The second kappa shape index (κ2) is 8.15. The Bertz CT molecular complexity index is 742. The first-order valence-electron chi connectivity index (χ1n) is 8.71. The summed E-state index contributed by atoms with van der Waals surface area (Å²) >= 11 is 0. The zero-order chi connectivity index (χ0) is 17.1. The van der Waals surface area contributed by atoms with Gasteiger partial charge in [0.15, 0.2) is 0 Å². The van der Waals surface area contributed by atoms with Crippen molar-refractivity contribution in [3.63, 3.8) is 0 Å². The van der Waals surface area contributed by atoms with Crippen LogP contribution < -0.4 is 15.1 Å². The summed E-state index contributed by atoms with van der Waals surface area (Å²) in [5.74, 6) is 1.99. The number of nitrogens with zero attached hydrogens (tertiary/aromatic N) is 7. The van der Waals surface area contributed by atoms with Gasteiger partial charge in [-0.15, -0.1) is 12.4 Å². The maximum absolute atomic E-state index is 8.86.